The Bertz CT molecular complexity index is 623. The average molecular weight is 375 g/mol. The highest BCUT2D eigenvalue weighted by Crippen LogP contribution is 2.14. The maximum Gasteiger partial charge on any atom is 0.321 e. The third-order valence-electron chi connectivity index (χ3n) is 4.95. The highest BCUT2D eigenvalue weighted by atomic mass is 16.5. The fourth-order valence-electron chi connectivity index (χ4n) is 3.32. The number of hydrogen-bond acceptors (Lipinski definition) is 5. The fourth-order valence-corrected chi connectivity index (χ4v) is 3.32. The molecule has 3 amide bonds. The number of ether oxygens (including phenoxy) is 1. The summed E-state index contributed by atoms with van der Waals surface area (Å²) in [5.74, 6) is -0.113. The van der Waals surface area contributed by atoms with E-state index in [-0.39, 0.29) is 11.9 Å². The van der Waals surface area contributed by atoms with Gasteiger partial charge in [-0.25, -0.2) is 4.79 Å². The molecule has 2 saturated heterocycles. The standard InChI is InChI=1S/C19H29N5O3/c1-16(25)20-17-2-4-18(5-3-17)21-19(26)24-10-8-22(9-11-24)6-7-23-12-14-27-15-13-23/h2-5H,6-15H2,1H3,(H,20,25)(H,21,26). The molecular weight excluding hydrogens is 346 g/mol. The summed E-state index contributed by atoms with van der Waals surface area (Å²) < 4.78 is 5.38. The Balaban J connectivity index is 1.38. The number of anilines is 2. The van der Waals surface area contributed by atoms with Gasteiger partial charge in [0.1, 0.15) is 0 Å². The van der Waals surface area contributed by atoms with Gasteiger partial charge < -0.3 is 20.3 Å². The zero-order chi connectivity index (χ0) is 19.1. The number of amides is 3. The van der Waals surface area contributed by atoms with Crippen molar-refractivity contribution in [2.45, 2.75) is 6.92 Å². The van der Waals surface area contributed by atoms with Crippen molar-refractivity contribution in [3.8, 4) is 0 Å². The van der Waals surface area contributed by atoms with Gasteiger partial charge in [-0.1, -0.05) is 0 Å². The number of benzene rings is 1. The van der Waals surface area contributed by atoms with Gasteiger partial charge >= 0.3 is 6.03 Å². The predicted octanol–water partition coefficient (Wildman–Crippen LogP) is 1.13. The molecule has 2 aliphatic heterocycles. The van der Waals surface area contributed by atoms with Gasteiger partial charge in [0.2, 0.25) is 5.91 Å². The average Bonchev–Trinajstić information content (AvgIpc) is 2.69. The van der Waals surface area contributed by atoms with Gasteiger partial charge in [0.15, 0.2) is 0 Å². The number of hydrogen-bond donors (Lipinski definition) is 2. The van der Waals surface area contributed by atoms with Gasteiger partial charge in [-0.2, -0.15) is 0 Å². The lowest BCUT2D eigenvalue weighted by Gasteiger charge is -2.36. The van der Waals surface area contributed by atoms with Crippen LogP contribution in [0.3, 0.4) is 0 Å². The number of rotatable bonds is 5. The Kier molecular flexibility index (Phi) is 7.03. The van der Waals surface area contributed by atoms with E-state index in [0.29, 0.717) is 0 Å². The third-order valence-corrected chi connectivity index (χ3v) is 4.95. The molecule has 27 heavy (non-hydrogen) atoms. The lowest BCUT2D eigenvalue weighted by molar-refractivity contribution is -0.114. The summed E-state index contributed by atoms with van der Waals surface area (Å²) in [5.41, 5.74) is 1.44. The molecule has 0 spiro atoms. The molecule has 0 unspecified atom stereocenters. The minimum absolute atomic E-state index is 0.0740. The van der Waals surface area contributed by atoms with E-state index in [0.717, 1.165) is 76.9 Å². The summed E-state index contributed by atoms with van der Waals surface area (Å²) >= 11 is 0. The van der Waals surface area contributed by atoms with Gasteiger partial charge in [-0.15, -0.1) is 0 Å². The van der Waals surface area contributed by atoms with Gasteiger partial charge in [0.25, 0.3) is 0 Å². The zero-order valence-electron chi connectivity index (χ0n) is 15.9. The second-order valence-corrected chi connectivity index (χ2v) is 6.97. The highest BCUT2D eigenvalue weighted by Gasteiger charge is 2.21. The van der Waals surface area contributed by atoms with Crippen LogP contribution >= 0.6 is 0 Å². The second-order valence-electron chi connectivity index (χ2n) is 6.97. The molecule has 3 rings (SSSR count). The van der Waals surface area contributed by atoms with Gasteiger partial charge in [0.05, 0.1) is 13.2 Å². The lowest BCUT2D eigenvalue weighted by atomic mass is 10.2. The smallest absolute Gasteiger partial charge is 0.321 e. The van der Waals surface area contributed by atoms with Crippen molar-refractivity contribution in [1.82, 2.24) is 14.7 Å². The highest BCUT2D eigenvalue weighted by molar-refractivity contribution is 5.91. The molecule has 1 aromatic carbocycles. The summed E-state index contributed by atoms with van der Waals surface area (Å²) in [4.78, 5) is 30.2. The van der Waals surface area contributed by atoms with Crippen LogP contribution in [0.25, 0.3) is 0 Å². The quantitative estimate of drug-likeness (QED) is 0.807. The SMILES string of the molecule is CC(=O)Nc1ccc(NC(=O)N2CCN(CCN3CCOCC3)CC2)cc1. The van der Waals surface area contributed by atoms with Crippen LogP contribution in [-0.4, -0.2) is 92.2 Å². The van der Waals surface area contributed by atoms with Crippen molar-refractivity contribution in [3.05, 3.63) is 24.3 Å². The summed E-state index contributed by atoms with van der Waals surface area (Å²) in [5, 5.41) is 5.64. The molecule has 8 heteroatoms. The second kappa shape index (κ2) is 9.68. The first-order valence-electron chi connectivity index (χ1n) is 9.56. The Labute approximate surface area is 160 Å². The Hall–Kier alpha value is -2.16. The van der Waals surface area contributed by atoms with Crippen molar-refractivity contribution in [2.75, 3.05) is 76.2 Å². The molecule has 0 radical (unpaired) electrons. The Morgan fingerprint density at radius 2 is 1.37 bits per heavy atom. The first-order chi connectivity index (χ1) is 13.1. The van der Waals surface area contributed by atoms with E-state index < -0.39 is 0 Å². The van der Waals surface area contributed by atoms with Crippen molar-refractivity contribution in [2.24, 2.45) is 0 Å². The van der Waals surface area contributed by atoms with E-state index in [4.69, 9.17) is 4.74 Å². The normalized spacial score (nSPS) is 18.9. The van der Waals surface area contributed by atoms with Crippen LogP contribution in [0.5, 0.6) is 0 Å². The monoisotopic (exact) mass is 375 g/mol. The van der Waals surface area contributed by atoms with Crippen LogP contribution in [0.15, 0.2) is 24.3 Å². The summed E-state index contributed by atoms with van der Waals surface area (Å²) in [6.07, 6.45) is 0. The molecule has 148 valence electrons. The topological polar surface area (TPSA) is 77.2 Å². The van der Waals surface area contributed by atoms with Crippen LogP contribution in [0, 0.1) is 0 Å². The van der Waals surface area contributed by atoms with E-state index in [9.17, 15) is 9.59 Å². The molecule has 0 atom stereocenters. The predicted molar refractivity (Wildman–Crippen MR) is 105 cm³/mol. The first kappa shape index (κ1) is 19.6. The lowest BCUT2D eigenvalue weighted by Crippen LogP contribution is -2.51. The zero-order valence-corrected chi connectivity index (χ0v) is 15.9. The Morgan fingerprint density at radius 3 is 1.93 bits per heavy atom. The van der Waals surface area contributed by atoms with Crippen LogP contribution in [-0.2, 0) is 9.53 Å². The van der Waals surface area contributed by atoms with Gasteiger partial charge in [0, 0.05) is 70.7 Å². The largest absolute Gasteiger partial charge is 0.379 e. The number of piperazine rings is 1. The number of morpholine rings is 1. The minimum atomic E-state index is -0.113. The summed E-state index contributed by atoms with van der Waals surface area (Å²) in [7, 11) is 0. The maximum atomic E-state index is 12.4. The van der Waals surface area contributed by atoms with Crippen LogP contribution in [0.1, 0.15) is 6.92 Å². The molecule has 2 fully saturated rings. The van der Waals surface area contributed by atoms with Crippen LogP contribution < -0.4 is 10.6 Å². The molecule has 0 saturated carbocycles. The summed E-state index contributed by atoms with van der Waals surface area (Å²) in [6.45, 7) is 10.6. The maximum absolute atomic E-state index is 12.4. The molecule has 0 aliphatic carbocycles. The van der Waals surface area contributed by atoms with Gasteiger partial charge in [-0.3, -0.25) is 14.6 Å². The number of carbonyl (C=O) groups is 2. The van der Waals surface area contributed by atoms with Crippen molar-refractivity contribution >= 4 is 23.3 Å². The minimum Gasteiger partial charge on any atom is -0.379 e. The van der Waals surface area contributed by atoms with Crippen molar-refractivity contribution < 1.29 is 14.3 Å². The molecular formula is C19H29N5O3. The van der Waals surface area contributed by atoms with Crippen molar-refractivity contribution in [1.29, 1.82) is 0 Å². The van der Waals surface area contributed by atoms with Crippen molar-refractivity contribution in [3.63, 3.8) is 0 Å². The van der Waals surface area contributed by atoms with E-state index >= 15 is 0 Å². The molecule has 8 nitrogen and oxygen atoms in total. The molecule has 0 aromatic heterocycles. The van der Waals surface area contributed by atoms with E-state index in [2.05, 4.69) is 20.4 Å². The Morgan fingerprint density at radius 1 is 0.852 bits per heavy atom. The molecule has 2 aliphatic rings. The van der Waals surface area contributed by atoms with Crippen LogP contribution in [0.4, 0.5) is 16.2 Å². The number of carbonyl (C=O) groups excluding carboxylic acids is 2. The third kappa shape index (κ3) is 6.20. The number of nitrogens with zero attached hydrogens (tertiary/aromatic N) is 3. The molecule has 0 bridgehead atoms. The molecule has 2 N–H and O–H groups in total. The van der Waals surface area contributed by atoms with E-state index in [1.807, 2.05) is 4.90 Å². The molecule has 2 heterocycles. The van der Waals surface area contributed by atoms with Crippen LogP contribution in [0.2, 0.25) is 0 Å². The van der Waals surface area contributed by atoms with E-state index in [1.54, 1.807) is 24.3 Å². The van der Waals surface area contributed by atoms with E-state index in [1.165, 1.54) is 6.92 Å². The summed E-state index contributed by atoms with van der Waals surface area (Å²) in [6, 6.07) is 7.07. The first-order valence-corrected chi connectivity index (χ1v) is 9.56. The fraction of sp³-hybridized carbons (Fsp3) is 0.579. The number of urea groups is 1. The number of nitrogens with one attached hydrogen (secondary N) is 2. The van der Waals surface area contributed by atoms with Gasteiger partial charge in [-0.05, 0) is 24.3 Å². The molecule has 1 aromatic rings.